The van der Waals surface area contributed by atoms with Crippen molar-refractivity contribution >= 4 is 0 Å². The molecule has 152 valence electrons. The molecule has 2 rings (SSSR count). The molecule has 0 aromatic rings. The van der Waals surface area contributed by atoms with Crippen LogP contribution in [0.5, 0.6) is 0 Å². The molecule has 0 aromatic heterocycles. The van der Waals surface area contributed by atoms with Crippen molar-refractivity contribution in [1.82, 2.24) is 0 Å². The maximum Gasteiger partial charge on any atom is 0.122 e. The molecule has 2 aliphatic rings. The molecule has 5 atom stereocenters. The lowest BCUT2D eigenvalue weighted by molar-refractivity contribution is 0.105. The summed E-state index contributed by atoms with van der Waals surface area (Å²) in [5.74, 6) is 3.91. The fraction of sp³-hybridized carbons (Fsp3) is 0.917. The third kappa shape index (κ3) is 5.57. The zero-order valence-corrected chi connectivity index (χ0v) is 17.7. The SMILES string of the molecule is CCC1CCC([C@H](CC2=CCC(CO)CC2F)C(CC)[C@H](C)CC)CC1. The third-order valence-electron chi connectivity index (χ3n) is 7.86. The van der Waals surface area contributed by atoms with Gasteiger partial charge in [0.1, 0.15) is 6.17 Å². The van der Waals surface area contributed by atoms with Crippen molar-refractivity contribution in [2.45, 2.75) is 98.1 Å². The molecule has 2 heteroatoms. The summed E-state index contributed by atoms with van der Waals surface area (Å²) in [4.78, 5) is 0. The number of allylic oxidation sites excluding steroid dienone is 2. The van der Waals surface area contributed by atoms with Gasteiger partial charge in [0.05, 0.1) is 0 Å². The molecule has 0 aliphatic heterocycles. The van der Waals surface area contributed by atoms with Crippen molar-refractivity contribution in [2.24, 2.45) is 35.5 Å². The molecule has 0 radical (unpaired) electrons. The first kappa shape index (κ1) is 21.9. The van der Waals surface area contributed by atoms with Gasteiger partial charge in [0, 0.05) is 6.61 Å². The predicted octanol–water partition coefficient (Wildman–Crippen LogP) is 6.95. The van der Waals surface area contributed by atoms with Gasteiger partial charge in [0.25, 0.3) is 0 Å². The highest BCUT2D eigenvalue weighted by molar-refractivity contribution is 5.14. The standard InChI is InChI=1S/C24H43FO/c1-5-17(4)22(7-3)23(20-11-8-18(6-2)9-12-20)15-21-13-10-19(16-26)14-24(21)25/h13,17-20,22-24,26H,5-12,14-16H2,1-4H3/t17-,18?,19?,20?,22?,23+,24?/m1/s1. The summed E-state index contributed by atoms with van der Waals surface area (Å²) in [7, 11) is 0. The molecule has 1 saturated carbocycles. The minimum absolute atomic E-state index is 0.124. The first-order chi connectivity index (χ1) is 12.5. The van der Waals surface area contributed by atoms with Gasteiger partial charge in [0.2, 0.25) is 0 Å². The van der Waals surface area contributed by atoms with E-state index in [4.69, 9.17) is 0 Å². The number of hydrogen-bond acceptors (Lipinski definition) is 1. The van der Waals surface area contributed by atoms with Crippen LogP contribution in [0.1, 0.15) is 91.9 Å². The predicted molar refractivity (Wildman–Crippen MR) is 110 cm³/mol. The average Bonchev–Trinajstić information content (AvgIpc) is 2.68. The molecule has 0 spiro atoms. The molecular formula is C24H43FO. The molecule has 0 bridgehead atoms. The summed E-state index contributed by atoms with van der Waals surface area (Å²) in [6.07, 6.45) is 12.9. The Hall–Kier alpha value is -0.370. The van der Waals surface area contributed by atoms with E-state index in [1.165, 1.54) is 44.9 Å². The maximum atomic E-state index is 14.8. The zero-order chi connectivity index (χ0) is 19.1. The minimum atomic E-state index is -0.829. The van der Waals surface area contributed by atoms with Gasteiger partial charge in [-0.15, -0.1) is 0 Å². The first-order valence-electron chi connectivity index (χ1n) is 11.5. The summed E-state index contributed by atoms with van der Waals surface area (Å²) in [5, 5.41) is 9.36. The van der Waals surface area contributed by atoms with E-state index >= 15 is 0 Å². The molecule has 0 heterocycles. The fourth-order valence-corrected chi connectivity index (χ4v) is 5.74. The topological polar surface area (TPSA) is 20.2 Å². The lowest BCUT2D eigenvalue weighted by Gasteiger charge is -2.41. The van der Waals surface area contributed by atoms with E-state index in [1.807, 2.05) is 0 Å². The lowest BCUT2D eigenvalue weighted by Crippen LogP contribution is -2.32. The zero-order valence-electron chi connectivity index (χ0n) is 17.7. The van der Waals surface area contributed by atoms with Crippen LogP contribution in [0.25, 0.3) is 0 Å². The second-order valence-electron chi connectivity index (χ2n) is 9.28. The Morgan fingerprint density at radius 2 is 1.77 bits per heavy atom. The van der Waals surface area contributed by atoms with E-state index in [-0.39, 0.29) is 12.5 Å². The van der Waals surface area contributed by atoms with Gasteiger partial charge in [-0.05, 0) is 73.2 Å². The largest absolute Gasteiger partial charge is 0.396 e. The number of alkyl halides is 1. The van der Waals surface area contributed by atoms with E-state index in [0.717, 1.165) is 36.2 Å². The second kappa shape index (κ2) is 10.8. The molecule has 0 aromatic carbocycles. The molecule has 3 unspecified atom stereocenters. The summed E-state index contributed by atoms with van der Waals surface area (Å²) < 4.78 is 14.8. The van der Waals surface area contributed by atoms with Crippen LogP contribution in [0, 0.1) is 35.5 Å². The molecule has 1 nitrogen and oxygen atoms in total. The van der Waals surface area contributed by atoms with Gasteiger partial charge in [-0.1, -0.05) is 65.9 Å². The summed E-state index contributed by atoms with van der Waals surface area (Å²) in [6.45, 7) is 9.50. The van der Waals surface area contributed by atoms with Crippen LogP contribution in [0.15, 0.2) is 11.6 Å². The number of halogens is 1. The molecule has 2 aliphatic carbocycles. The molecular weight excluding hydrogens is 323 g/mol. The highest BCUT2D eigenvalue weighted by Crippen LogP contribution is 2.45. The molecule has 0 amide bonds. The minimum Gasteiger partial charge on any atom is -0.396 e. The van der Waals surface area contributed by atoms with Crippen molar-refractivity contribution in [2.75, 3.05) is 6.61 Å². The van der Waals surface area contributed by atoms with Gasteiger partial charge < -0.3 is 5.11 Å². The summed E-state index contributed by atoms with van der Waals surface area (Å²) in [6, 6.07) is 0. The third-order valence-corrected chi connectivity index (χ3v) is 7.86. The first-order valence-corrected chi connectivity index (χ1v) is 11.5. The van der Waals surface area contributed by atoms with Crippen LogP contribution in [-0.2, 0) is 0 Å². The second-order valence-corrected chi connectivity index (χ2v) is 9.28. The van der Waals surface area contributed by atoms with Gasteiger partial charge in [0.15, 0.2) is 0 Å². The van der Waals surface area contributed by atoms with Crippen LogP contribution < -0.4 is 0 Å². The molecule has 0 saturated heterocycles. The summed E-state index contributed by atoms with van der Waals surface area (Å²) >= 11 is 0. The Morgan fingerprint density at radius 1 is 1.08 bits per heavy atom. The lowest BCUT2D eigenvalue weighted by atomic mass is 9.64. The average molecular weight is 367 g/mol. The van der Waals surface area contributed by atoms with Crippen LogP contribution >= 0.6 is 0 Å². The molecule has 1 N–H and O–H groups in total. The van der Waals surface area contributed by atoms with E-state index in [1.54, 1.807) is 0 Å². The van der Waals surface area contributed by atoms with E-state index < -0.39 is 6.17 Å². The Balaban J connectivity index is 2.14. The van der Waals surface area contributed by atoms with Crippen molar-refractivity contribution in [3.05, 3.63) is 11.6 Å². The van der Waals surface area contributed by atoms with Gasteiger partial charge in [-0.25, -0.2) is 4.39 Å². The van der Waals surface area contributed by atoms with Crippen molar-refractivity contribution < 1.29 is 9.50 Å². The number of aliphatic hydroxyl groups is 1. The van der Waals surface area contributed by atoms with Crippen LogP contribution in [0.4, 0.5) is 4.39 Å². The Bertz CT molecular complexity index is 424. The summed E-state index contributed by atoms with van der Waals surface area (Å²) in [5.41, 5.74) is 1.05. The Labute approximate surface area is 161 Å². The maximum absolute atomic E-state index is 14.8. The van der Waals surface area contributed by atoms with Crippen molar-refractivity contribution in [3.8, 4) is 0 Å². The normalized spacial score (nSPS) is 33.4. The highest BCUT2D eigenvalue weighted by atomic mass is 19.1. The van der Waals surface area contributed by atoms with Gasteiger partial charge in [-0.3, -0.25) is 0 Å². The number of hydrogen-bond donors (Lipinski definition) is 1. The number of aliphatic hydroxyl groups excluding tert-OH is 1. The van der Waals surface area contributed by atoms with Crippen molar-refractivity contribution in [1.29, 1.82) is 0 Å². The Morgan fingerprint density at radius 3 is 2.27 bits per heavy atom. The van der Waals surface area contributed by atoms with E-state index in [2.05, 4.69) is 33.8 Å². The fourth-order valence-electron chi connectivity index (χ4n) is 5.74. The van der Waals surface area contributed by atoms with Crippen LogP contribution in [0.2, 0.25) is 0 Å². The van der Waals surface area contributed by atoms with Crippen LogP contribution in [-0.4, -0.2) is 17.9 Å². The van der Waals surface area contributed by atoms with Crippen LogP contribution in [0.3, 0.4) is 0 Å². The molecule has 26 heavy (non-hydrogen) atoms. The highest BCUT2D eigenvalue weighted by Gasteiger charge is 2.36. The van der Waals surface area contributed by atoms with E-state index in [9.17, 15) is 9.50 Å². The van der Waals surface area contributed by atoms with Crippen molar-refractivity contribution in [3.63, 3.8) is 0 Å². The Kier molecular flexibility index (Phi) is 9.14. The molecule has 1 fully saturated rings. The van der Waals surface area contributed by atoms with Gasteiger partial charge in [-0.2, -0.15) is 0 Å². The van der Waals surface area contributed by atoms with E-state index in [0.29, 0.717) is 18.3 Å². The smallest absolute Gasteiger partial charge is 0.122 e. The monoisotopic (exact) mass is 366 g/mol. The quantitative estimate of drug-likeness (QED) is 0.438. The number of rotatable bonds is 9. The van der Waals surface area contributed by atoms with Gasteiger partial charge >= 0.3 is 0 Å².